The zero-order valence-corrected chi connectivity index (χ0v) is 18.9. The Morgan fingerprint density at radius 3 is 2.91 bits per heavy atom. The molecule has 2 aromatic rings. The van der Waals surface area contributed by atoms with E-state index < -0.39 is 6.10 Å². The lowest BCUT2D eigenvalue weighted by Crippen LogP contribution is -2.34. The summed E-state index contributed by atoms with van der Waals surface area (Å²) in [5, 5.41) is 17.4. The summed E-state index contributed by atoms with van der Waals surface area (Å²) in [6.45, 7) is 5.70. The molecule has 2 aliphatic rings. The lowest BCUT2D eigenvalue weighted by molar-refractivity contribution is -0.112. The van der Waals surface area contributed by atoms with Gasteiger partial charge in [-0.15, -0.1) is 0 Å². The highest BCUT2D eigenvalue weighted by atomic mass is 16.5. The number of Topliss-reactive ketones (excluding diaryl/α,β-unsaturated/α-hetero) is 1. The maximum atomic E-state index is 13.0. The summed E-state index contributed by atoms with van der Waals surface area (Å²) < 4.78 is 5.24. The van der Waals surface area contributed by atoms with E-state index in [0.29, 0.717) is 16.9 Å². The van der Waals surface area contributed by atoms with Gasteiger partial charge in [0.05, 0.1) is 13.7 Å². The maximum absolute atomic E-state index is 13.0. The van der Waals surface area contributed by atoms with Crippen LogP contribution in [0.5, 0.6) is 5.75 Å². The van der Waals surface area contributed by atoms with Crippen LogP contribution in [0.3, 0.4) is 0 Å². The van der Waals surface area contributed by atoms with Crippen LogP contribution < -0.4 is 15.4 Å². The Morgan fingerprint density at radius 1 is 1.31 bits per heavy atom. The van der Waals surface area contributed by atoms with Crippen molar-refractivity contribution in [2.45, 2.75) is 38.8 Å². The maximum Gasteiger partial charge on any atom is 0.182 e. The molecule has 2 aliphatic heterocycles. The molecule has 32 heavy (non-hydrogen) atoms. The summed E-state index contributed by atoms with van der Waals surface area (Å²) in [6.07, 6.45) is 3.27. The van der Waals surface area contributed by atoms with Gasteiger partial charge in [0.25, 0.3) is 0 Å². The fourth-order valence-corrected chi connectivity index (χ4v) is 4.46. The number of aliphatic hydroxyl groups excluding tert-OH is 1. The van der Waals surface area contributed by atoms with Crippen LogP contribution in [0.25, 0.3) is 5.57 Å². The number of fused-ring (bicyclic) bond motifs is 1. The monoisotopic (exact) mass is 430 g/mol. The first-order chi connectivity index (χ1) is 15.4. The van der Waals surface area contributed by atoms with Crippen molar-refractivity contribution < 1.29 is 14.6 Å². The largest absolute Gasteiger partial charge is 0.497 e. The minimum absolute atomic E-state index is 0.0623. The van der Waals surface area contributed by atoms with Crippen molar-refractivity contribution in [2.24, 2.45) is 5.41 Å². The summed E-state index contributed by atoms with van der Waals surface area (Å²) in [6, 6.07) is 13.2. The highest BCUT2D eigenvalue weighted by molar-refractivity contribution is 6.26. The molecule has 166 valence electrons. The molecule has 5 nitrogen and oxygen atoms in total. The molecule has 1 fully saturated rings. The number of rotatable bonds is 4. The molecule has 3 atom stereocenters. The van der Waals surface area contributed by atoms with Crippen molar-refractivity contribution in [3.63, 3.8) is 0 Å². The number of anilines is 1. The van der Waals surface area contributed by atoms with Crippen molar-refractivity contribution in [1.82, 2.24) is 5.32 Å². The van der Waals surface area contributed by atoms with Crippen molar-refractivity contribution >= 4 is 17.0 Å². The minimum Gasteiger partial charge on any atom is -0.497 e. The number of ether oxygens (including phenoxy) is 1. The van der Waals surface area contributed by atoms with Gasteiger partial charge in [0.2, 0.25) is 0 Å². The van der Waals surface area contributed by atoms with Crippen LogP contribution in [0.1, 0.15) is 49.5 Å². The molecule has 0 saturated carbocycles. The standard InChI is InChI=1S/C27H30N2O3/c1-4-27(2)13-14-28-25(27)16-21-24(31)17-29-22-10-6-7-18(26(21)22)11-12-23(30)19-8-5-9-20(15-19)32-3/h5-10,15-16,23,25,28-30H,4,13-14,17H2,1-3H3/b21-16+. The molecule has 0 amide bonds. The smallest absolute Gasteiger partial charge is 0.182 e. The summed E-state index contributed by atoms with van der Waals surface area (Å²) in [7, 11) is 1.59. The van der Waals surface area contributed by atoms with E-state index in [1.54, 1.807) is 13.2 Å². The summed E-state index contributed by atoms with van der Waals surface area (Å²) in [4.78, 5) is 13.0. The average Bonchev–Trinajstić information content (AvgIpc) is 3.19. The van der Waals surface area contributed by atoms with E-state index in [2.05, 4.69) is 42.4 Å². The fourth-order valence-electron chi connectivity index (χ4n) is 4.46. The fraction of sp³-hybridized carbons (Fsp3) is 0.370. The van der Waals surface area contributed by atoms with E-state index >= 15 is 0 Å². The second-order valence-electron chi connectivity index (χ2n) is 8.72. The summed E-state index contributed by atoms with van der Waals surface area (Å²) in [5.74, 6) is 6.80. The minimum atomic E-state index is -0.958. The number of hydrogen-bond acceptors (Lipinski definition) is 5. The third kappa shape index (κ3) is 4.29. The average molecular weight is 431 g/mol. The van der Waals surface area contributed by atoms with Gasteiger partial charge in [-0.3, -0.25) is 4.79 Å². The molecule has 2 aromatic carbocycles. The number of carbonyl (C=O) groups excluding carboxylic acids is 1. The summed E-state index contributed by atoms with van der Waals surface area (Å²) in [5.41, 5.74) is 3.95. The SMILES string of the molecule is CCC1(C)CCNC1/C=C1\C(=O)CNc2cccc(C#CC(O)c3cccc(OC)c3)c21. The van der Waals surface area contributed by atoms with Gasteiger partial charge in [-0.25, -0.2) is 0 Å². The van der Waals surface area contributed by atoms with Crippen LogP contribution in [0.4, 0.5) is 5.69 Å². The normalized spacial score (nSPS) is 24.3. The molecular weight excluding hydrogens is 400 g/mol. The van der Waals surface area contributed by atoms with E-state index in [1.165, 1.54) is 0 Å². The lowest BCUT2D eigenvalue weighted by Gasteiger charge is -2.29. The Balaban J connectivity index is 1.72. The zero-order valence-electron chi connectivity index (χ0n) is 18.9. The van der Waals surface area contributed by atoms with Gasteiger partial charge in [-0.2, -0.15) is 0 Å². The van der Waals surface area contributed by atoms with Crippen molar-refractivity contribution in [1.29, 1.82) is 0 Å². The number of carbonyl (C=O) groups is 1. The molecule has 3 N–H and O–H groups in total. The lowest BCUT2D eigenvalue weighted by atomic mass is 9.78. The second-order valence-corrected chi connectivity index (χ2v) is 8.72. The molecule has 4 rings (SSSR count). The van der Waals surface area contributed by atoms with Crippen LogP contribution in [0.2, 0.25) is 0 Å². The molecule has 0 bridgehead atoms. The van der Waals surface area contributed by atoms with Crippen molar-refractivity contribution in [2.75, 3.05) is 25.5 Å². The first-order valence-electron chi connectivity index (χ1n) is 11.1. The Kier molecular flexibility index (Phi) is 6.36. The Bertz CT molecular complexity index is 1110. The number of hydrogen-bond donors (Lipinski definition) is 3. The first kappa shape index (κ1) is 22.1. The van der Waals surface area contributed by atoms with Gasteiger partial charge in [0.15, 0.2) is 5.78 Å². The van der Waals surface area contributed by atoms with Crippen molar-refractivity contribution in [3.8, 4) is 17.6 Å². The van der Waals surface area contributed by atoms with Crippen LogP contribution in [-0.2, 0) is 4.79 Å². The molecule has 5 heteroatoms. The third-order valence-electron chi connectivity index (χ3n) is 6.78. The molecule has 0 aliphatic carbocycles. The molecule has 2 heterocycles. The summed E-state index contributed by atoms with van der Waals surface area (Å²) >= 11 is 0. The Morgan fingerprint density at radius 2 is 2.12 bits per heavy atom. The van der Waals surface area contributed by atoms with Gasteiger partial charge in [0, 0.05) is 28.4 Å². The van der Waals surface area contributed by atoms with E-state index in [4.69, 9.17) is 4.74 Å². The predicted molar refractivity (Wildman–Crippen MR) is 128 cm³/mol. The molecule has 3 unspecified atom stereocenters. The highest BCUT2D eigenvalue weighted by Crippen LogP contribution is 2.38. The Hall–Kier alpha value is -3.07. The van der Waals surface area contributed by atoms with Crippen molar-refractivity contribution in [3.05, 3.63) is 65.2 Å². The van der Waals surface area contributed by atoms with Crippen LogP contribution >= 0.6 is 0 Å². The topological polar surface area (TPSA) is 70.6 Å². The van der Waals surface area contributed by atoms with Gasteiger partial charge in [-0.1, -0.05) is 50.0 Å². The van der Waals surface area contributed by atoms with Crippen LogP contribution in [-0.4, -0.2) is 37.1 Å². The third-order valence-corrected chi connectivity index (χ3v) is 6.78. The number of benzene rings is 2. The van der Waals surface area contributed by atoms with E-state index in [1.807, 2.05) is 36.4 Å². The Labute approximate surface area is 189 Å². The number of ketones is 1. The van der Waals surface area contributed by atoms with Crippen LogP contribution in [0.15, 0.2) is 48.5 Å². The van der Waals surface area contributed by atoms with Gasteiger partial charge >= 0.3 is 0 Å². The second kappa shape index (κ2) is 9.20. The first-order valence-corrected chi connectivity index (χ1v) is 11.1. The molecule has 1 saturated heterocycles. The number of nitrogens with one attached hydrogen (secondary N) is 2. The zero-order chi connectivity index (χ0) is 22.7. The van der Waals surface area contributed by atoms with Gasteiger partial charge < -0.3 is 20.5 Å². The molecule has 0 spiro atoms. The number of methoxy groups -OCH3 is 1. The predicted octanol–water partition coefficient (Wildman–Crippen LogP) is 3.94. The molecule has 0 radical (unpaired) electrons. The molecule has 0 aromatic heterocycles. The van der Waals surface area contributed by atoms with Crippen LogP contribution in [0, 0.1) is 17.3 Å². The van der Waals surface area contributed by atoms with E-state index in [-0.39, 0.29) is 23.8 Å². The number of aliphatic hydroxyl groups is 1. The van der Waals surface area contributed by atoms with Gasteiger partial charge in [0.1, 0.15) is 11.9 Å². The van der Waals surface area contributed by atoms with Gasteiger partial charge in [-0.05, 0) is 54.6 Å². The van der Waals surface area contributed by atoms with E-state index in [9.17, 15) is 9.90 Å². The van der Waals surface area contributed by atoms with E-state index in [0.717, 1.165) is 36.2 Å². The quantitative estimate of drug-likeness (QED) is 0.506. The highest BCUT2D eigenvalue weighted by Gasteiger charge is 2.37. The molecular formula is C27H30N2O3.